The lowest BCUT2D eigenvalue weighted by Crippen LogP contribution is -2.20. The molecule has 3 rings (SSSR count). The highest BCUT2D eigenvalue weighted by Crippen LogP contribution is 2.35. The van der Waals surface area contributed by atoms with Gasteiger partial charge >= 0.3 is 0 Å². The second-order valence-electron chi connectivity index (χ2n) is 7.16. The number of aromatic nitrogens is 3. The van der Waals surface area contributed by atoms with Gasteiger partial charge in [-0.25, -0.2) is 0 Å². The second-order valence-corrected chi connectivity index (χ2v) is 8.22. The molecule has 0 N–H and O–H groups in total. The van der Waals surface area contributed by atoms with Crippen molar-refractivity contribution in [2.45, 2.75) is 18.2 Å². The van der Waals surface area contributed by atoms with E-state index in [2.05, 4.69) is 15.1 Å². The Kier molecular flexibility index (Phi) is 8.64. The molecule has 0 unspecified atom stereocenters. The molecule has 0 saturated heterocycles. The predicted octanol–water partition coefficient (Wildman–Crippen LogP) is 3.64. The molecule has 2 aromatic carbocycles. The number of nitrogens with zero attached hydrogens (tertiary/aromatic N) is 4. The Labute approximate surface area is 193 Å². The molecule has 0 aliphatic rings. The molecule has 0 radical (unpaired) electrons. The molecule has 0 bridgehead atoms. The summed E-state index contributed by atoms with van der Waals surface area (Å²) in [6.07, 6.45) is 0. The van der Waals surface area contributed by atoms with Crippen molar-refractivity contribution >= 4 is 11.8 Å². The van der Waals surface area contributed by atoms with E-state index in [1.807, 2.05) is 61.1 Å². The van der Waals surface area contributed by atoms with E-state index in [0.29, 0.717) is 31.2 Å². The molecule has 0 amide bonds. The van der Waals surface area contributed by atoms with Crippen molar-refractivity contribution in [1.82, 2.24) is 19.7 Å². The van der Waals surface area contributed by atoms with Crippen molar-refractivity contribution in [3.05, 3.63) is 53.9 Å². The minimum absolute atomic E-state index is 0.607. The van der Waals surface area contributed by atoms with Gasteiger partial charge in [0.2, 0.25) is 0 Å². The van der Waals surface area contributed by atoms with Crippen LogP contribution >= 0.6 is 11.8 Å². The van der Waals surface area contributed by atoms with Gasteiger partial charge in [-0.1, -0.05) is 30.0 Å². The molecular weight excluding hydrogens is 428 g/mol. The molecule has 0 saturated carbocycles. The van der Waals surface area contributed by atoms with E-state index in [1.54, 1.807) is 33.1 Å². The summed E-state index contributed by atoms with van der Waals surface area (Å²) >= 11 is 1.63. The van der Waals surface area contributed by atoms with Crippen molar-refractivity contribution in [2.75, 3.05) is 40.7 Å². The highest BCUT2D eigenvalue weighted by Gasteiger charge is 2.16. The topological polar surface area (TPSA) is 70.9 Å². The zero-order valence-corrected chi connectivity index (χ0v) is 20.0. The number of hydrogen-bond acceptors (Lipinski definition) is 8. The van der Waals surface area contributed by atoms with E-state index in [0.717, 1.165) is 33.8 Å². The van der Waals surface area contributed by atoms with Crippen LogP contribution in [0.4, 0.5) is 0 Å². The van der Waals surface area contributed by atoms with Crippen LogP contribution in [0.1, 0.15) is 11.4 Å². The lowest BCUT2D eigenvalue weighted by atomic mass is 10.1. The molecule has 9 heteroatoms. The van der Waals surface area contributed by atoms with Gasteiger partial charge < -0.3 is 23.5 Å². The molecule has 32 heavy (non-hydrogen) atoms. The van der Waals surface area contributed by atoms with Crippen molar-refractivity contribution < 1.29 is 18.9 Å². The third kappa shape index (κ3) is 6.08. The fourth-order valence-electron chi connectivity index (χ4n) is 3.22. The fraction of sp³-hybridized carbons (Fsp3) is 0.391. The van der Waals surface area contributed by atoms with Crippen LogP contribution in [0.25, 0.3) is 0 Å². The molecule has 3 aromatic rings. The lowest BCUT2D eigenvalue weighted by Gasteiger charge is -2.19. The standard InChI is InChI=1S/C23H30N4O4S/c1-26(15-17-13-20(29-4)21(30-5)14-19(17)28-3)16-22-24-25-23(27(22)2)32-12-11-31-18-9-7-6-8-10-18/h6-10,13-14H,11-12,15-16H2,1-5H3. The van der Waals surface area contributed by atoms with Gasteiger partial charge in [-0.15, -0.1) is 10.2 Å². The molecule has 1 aromatic heterocycles. The number of para-hydroxylation sites is 1. The quantitative estimate of drug-likeness (QED) is 0.301. The van der Waals surface area contributed by atoms with E-state index in [-0.39, 0.29) is 0 Å². The second kappa shape index (κ2) is 11.6. The minimum atomic E-state index is 0.607. The number of ether oxygens (including phenoxy) is 4. The Balaban J connectivity index is 1.56. The summed E-state index contributed by atoms with van der Waals surface area (Å²) in [6.45, 7) is 1.90. The van der Waals surface area contributed by atoms with Crippen molar-refractivity contribution in [2.24, 2.45) is 7.05 Å². The van der Waals surface area contributed by atoms with Gasteiger partial charge in [0.05, 0.1) is 34.5 Å². The van der Waals surface area contributed by atoms with E-state index >= 15 is 0 Å². The van der Waals surface area contributed by atoms with Gasteiger partial charge in [-0.3, -0.25) is 4.90 Å². The molecule has 172 valence electrons. The Morgan fingerprint density at radius 3 is 2.28 bits per heavy atom. The van der Waals surface area contributed by atoms with Gasteiger partial charge in [-0.2, -0.15) is 0 Å². The zero-order valence-electron chi connectivity index (χ0n) is 19.2. The van der Waals surface area contributed by atoms with E-state index in [9.17, 15) is 0 Å². The van der Waals surface area contributed by atoms with Gasteiger partial charge in [0.25, 0.3) is 0 Å². The molecule has 1 heterocycles. The summed E-state index contributed by atoms with van der Waals surface area (Å²) in [5, 5.41) is 9.58. The number of methoxy groups -OCH3 is 3. The van der Waals surface area contributed by atoms with Crippen LogP contribution in [-0.4, -0.2) is 60.4 Å². The molecule has 8 nitrogen and oxygen atoms in total. The van der Waals surface area contributed by atoms with Crippen molar-refractivity contribution in [1.29, 1.82) is 0 Å². The number of thioether (sulfide) groups is 1. The summed E-state index contributed by atoms with van der Waals surface area (Å²) in [7, 11) is 8.91. The maximum absolute atomic E-state index is 5.75. The monoisotopic (exact) mass is 458 g/mol. The third-order valence-corrected chi connectivity index (χ3v) is 5.87. The molecule has 0 aliphatic heterocycles. The first-order chi connectivity index (χ1) is 15.5. The lowest BCUT2D eigenvalue weighted by molar-refractivity contribution is 0.295. The average molecular weight is 459 g/mol. The normalized spacial score (nSPS) is 10.9. The summed E-state index contributed by atoms with van der Waals surface area (Å²) in [5.74, 6) is 4.62. The first-order valence-corrected chi connectivity index (χ1v) is 11.2. The number of rotatable bonds is 12. The van der Waals surface area contributed by atoms with Crippen LogP contribution in [0.15, 0.2) is 47.6 Å². The molecular formula is C23H30N4O4S. The highest BCUT2D eigenvalue weighted by molar-refractivity contribution is 7.99. The van der Waals surface area contributed by atoms with E-state index < -0.39 is 0 Å². The highest BCUT2D eigenvalue weighted by atomic mass is 32.2. The molecule has 0 spiro atoms. The van der Waals surface area contributed by atoms with Crippen LogP contribution in [0.5, 0.6) is 23.0 Å². The SMILES string of the molecule is COc1cc(OC)c(OC)cc1CN(C)Cc1nnc(SCCOc2ccccc2)n1C. The fourth-order valence-corrected chi connectivity index (χ4v) is 3.97. The minimum Gasteiger partial charge on any atom is -0.496 e. The summed E-state index contributed by atoms with van der Waals surface area (Å²) in [4.78, 5) is 2.15. The van der Waals surface area contributed by atoms with Crippen LogP contribution in [-0.2, 0) is 20.1 Å². The maximum Gasteiger partial charge on any atom is 0.191 e. The average Bonchev–Trinajstić information content (AvgIpc) is 3.15. The van der Waals surface area contributed by atoms with Crippen molar-refractivity contribution in [3.63, 3.8) is 0 Å². The van der Waals surface area contributed by atoms with Crippen LogP contribution < -0.4 is 18.9 Å². The smallest absolute Gasteiger partial charge is 0.191 e. The van der Waals surface area contributed by atoms with Gasteiger partial charge in [0, 0.05) is 31.0 Å². The Bertz CT molecular complexity index is 997. The Morgan fingerprint density at radius 2 is 1.59 bits per heavy atom. The largest absolute Gasteiger partial charge is 0.496 e. The maximum atomic E-state index is 5.75. The predicted molar refractivity (Wildman–Crippen MR) is 125 cm³/mol. The van der Waals surface area contributed by atoms with E-state index in [1.165, 1.54) is 0 Å². The summed E-state index contributed by atoms with van der Waals surface area (Å²) in [6, 6.07) is 13.6. The van der Waals surface area contributed by atoms with Crippen LogP contribution in [0.3, 0.4) is 0 Å². The summed E-state index contributed by atoms with van der Waals surface area (Å²) < 4.78 is 24.1. The van der Waals surface area contributed by atoms with Crippen molar-refractivity contribution in [3.8, 4) is 23.0 Å². The zero-order chi connectivity index (χ0) is 22.9. The third-order valence-electron chi connectivity index (χ3n) is 4.89. The number of benzene rings is 2. The van der Waals surface area contributed by atoms with Gasteiger partial charge in [0.1, 0.15) is 17.3 Å². The molecule has 0 fully saturated rings. The molecule has 0 aliphatic carbocycles. The summed E-state index contributed by atoms with van der Waals surface area (Å²) in [5.41, 5.74) is 1.00. The van der Waals surface area contributed by atoms with Gasteiger partial charge in [0.15, 0.2) is 16.7 Å². The Morgan fingerprint density at radius 1 is 0.906 bits per heavy atom. The van der Waals surface area contributed by atoms with Crippen LogP contribution in [0, 0.1) is 0 Å². The van der Waals surface area contributed by atoms with Crippen LogP contribution in [0.2, 0.25) is 0 Å². The van der Waals surface area contributed by atoms with Gasteiger partial charge in [-0.05, 0) is 25.2 Å². The Hall–Kier alpha value is -2.91. The molecule has 0 atom stereocenters. The number of hydrogen-bond donors (Lipinski definition) is 0. The van der Waals surface area contributed by atoms with E-state index in [4.69, 9.17) is 18.9 Å². The first kappa shape index (κ1) is 23.7. The first-order valence-electron chi connectivity index (χ1n) is 10.2.